The summed E-state index contributed by atoms with van der Waals surface area (Å²) in [7, 11) is 1.57. The average molecular weight is 346 g/mol. The number of halogens is 1. The zero-order valence-electron chi connectivity index (χ0n) is 12.8. The van der Waals surface area contributed by atoms with Crippen LogP contribution >= 0.6 is 22.9 Å². The first-order valence-corrected chi connectivity index (χ1v) is 8.41. The van der Waals surface area contributed by atoms with Crippen molar-refractivity contribution in [2.45, 2.75) is 13.0 Å². The van der Waals surface area contributed by atoms with Crippen LogP contribution in [0.5, 0.6) is 5.75 Å². The van der Waals surface area contributed by atoms with Gasteiger partial charge < -0.3 is 10.1 Å². The second kappa shape index (κ2) is 6.60. The molecule has 3 nitrogen and oxygen atoms in total. The Labute approximate surface area is 143 Å². The van der Waals surface area contributed by atoms with E-state index >= 15 is 0 Å². The van der Waals surface area contributed by atoms with E-state index in [1.165, 1.54) is 11.3 Å². The number of hydrogen-bond acceptors (Lipinski definition) is 3. The average Bonchev–Trinajstić information content (AvgIpc) is 2.93. The maximum absolute atomic E-state index is 12.6. The van der Waals surface area contributed by atoms with Gasteiger partial charge in [-0.25, -0.2) is 0 Å². The molecule has 1 heterocycles. The molecule has 0 bridgehead atoms. The number of carbonyl (C=O) groups excluding carboxylic acids is 1. The number of amides is 1. The topological polar surface area (TPSA) is 38.3 Å². The lowest BCUT2D eigenvalue weighted by Gasteiger charge is -2.14. The van der Waals surface area contributed by atoms with Gasteiger partial charge in [0.25, 0.3) is 5.91 Å². The molecule has 0 radical (unpaired) electrons. The summed E-state index contributed by atoms with van der Waals surface area (Å²) in [6, 6.07) is 15.3. The van der Waals surface area contributed by atoms with Crippen LogP contribution in [0.15, 0.2) is 48.5 Å². The summed E-state index contributed by atoms with van der Waals surface area (Å²) < 4.78 is 6.43. The first kappa shape index (κ1) is 15.8. The number of fused-ring (bicyclic) bond motifs is 1. The first-order chi connectivity index (χ1) is 11.1. The molecule has 2 aromatic carbocycles. The number of benzene rings is 2. The highest BCUT2D eigenvalue weighted by molar-refractivity contribution is 7.21. The van der Waals surface area contributed by atoms with Crippen molar-refractivity contribution in [3.63, 3.8) is 0 Å². The monoisotopic (exact) mass is 345 g/mol. The van der Waals surface area contributed by atoms with E-state index in [4.69, 9.17) is 16.3 Å². The third-order valence-corrected chi connectivity index (χ3v) is 5.05. The maximum Gasteiger partial charge on any atom is 0.265 e. The van der Waals surface area contributed by atoms with E-state index in [-0.39, 0.29) is 11.9 Å². The van der Waals surface area contributed by atoms with Crippen LogP contribution in [0.2, 0.25) is 5.02 Å². The summed E-state index contributed by atoms with van der Waals surface area (Å²) in [6.45, 7) is 1.96. The number of ether oxygens (including phenoxy) is 1. The van der Waals surface area contributed by atoms with Gasteiger partial charge in [-0.05, 0) is 30.7 Å². The lowest BCUT2D eigenvalue weighted by Crippen LogP contribution is -2.26. The molecule has 1 aromatic heterocycles. The Morgan fingerprint density at radius 1 is 1.22 bits per heavy atom. The predicted octanol–water partition coefficient (Wildman–Crippen LogP) is 5.05. The number of thiophene rings is 1. The summed E-state index contributed by atoms with van der Waals surface area (Å²) >= 11 is 7.46. The maximum atomic E-state index is 12.6. The standard InChI is InChI=1S/C18H16ClNO2S/c1-11(12-6-4-3-5-7-12)20-18(21)17-16(22-2)14-10-13(19)8-9-15(14)23-17/h3-11H,1-2H3,(H,20,21)/t11-/m1/s1. The van der Waals surface area contributed by atoms with Gasteiger partial charge in [0.1, 0.15) is 10.6 Å². The molecule has 0 aliphatic heterocycles. The van der Waals surface area contributed by atoms with E-state index in [2.05, 4.69) is 5.32 Å². The van der Waals surface area contributed by atoms with Crippen LogP contribution in [0, 0.1) is 0 Å². The van der Waals surface area contributed by atoms with Crippen molar-refractivity contribution in [1.29, 1.82) is 0 Å². The number of carbonyl (C=O) groups is 1. The highest BCUT2D eigenvalue weighted by atomic mass is 35.5. The van der Waals surface area contributed by atoms with Crippen molar-refractivity contribution in [3.05, 3.63) is 64.0 Å². The summed E-state index contributed by atoms with van der Waals surface area (Å²) in [6.07, 6.45) is 0. The zero-order chi connectivity index (χ0) is 16.4. The molecule has 0 unspecified atom stereocenters. The molecule has 3 rings (SSSR count). The fourth-order valence-electron chi connectivity index (χ4n) is 2.49. The highest BCUT2D eigenvalue weighted by Gasteiger charge is 2.21. The minimum absolute atomic E-state index is 0.0813. The van der Waals surface area contributed by atoms with E-state index in [0.717, 1.165) is 15.6 Å². The van der Waals surface area contributed by atoms with Crippen molar-refractivity contribution >= 4 is 38.9 Å². The Balaban J connectivity index is 1.92. The Kier molecular flexibility index (Phi) is 4.55. The van der Waals surface area contributed by atoms with Gasteiger partial charge in [0, 0.05) is 15.1 Å². The third kappa shape index (κ3) is 3.19. The molecule has 0 fully saturated rings. The van der Waals surface area contributed by atoms with Gasteiger partial charge in [0.15, 0.2) is 0 Å². The Morgan fingerprint density at radius 2 is 1.96 bits per heavy atom. The number of rotatable bonds is 4. The highest BCUT2D eigenvalue weighted by Crippen LogP contribution is 2.39. The van der Waals surface area contributed by atoms with E-state index in [1.54, 1.807) is 7.11 Å². The summed E-state index contributed by atoms with van der Waals surface area (Å²) in [5.41, 5.74) is 1.06. The van der Waals surface area contributed by atoms with Gasteiger partial charge in [-0.2, -0.15) is 0 Å². The summed E-state index contributed by atoms with van der Waals surface area (Å²) in [4.78, 5) is 13.2. The van der Waals surface area contributed by atoms with E-state index < -0.39 is 0 Å². The number of hydrogen-bond donors (Lipinski definition) is 1. The fourth-order valence-corrected chi connectivity index (χ4v) is 3.71. The second-order valence-electron chi connectivity index (χ2n) is 5.21. The third-order valence-electron chi connectivity index (χ3n) is 3.66. The number of nitrogens with one attached hydrogen (secondary N) is 1. The van der Waals surface area contributed by atoms with Crippen molar-refractivity contribution in [3.8, 4) is 5.75 Å². The molecule has 3 aromatic rings. The van der Waals surface area contributed by atoms with Gasteiger partial charge in [0.05, 0.1) is 13.2 Å². The molecule has 118 valence electrons. The zero-order valence-corrected chi connectivity index (χ0v) is 14.4. The molecule has 0 saturated heterocycles. The molecule has 0 aliphatic carbocycles. The van der Waals surface area contributed by atoms with E-state index in [1.807, 2.05) is 55.5 Å². The molecule has 1 amide bonds. The smallest absolute Gasteiger partial charge is 0.265 e. The van der Waals surface area contributed by atoms with E-state index in [9.17, 15) is 4.79 Å². The van der Waals surface area contributed by atoms with Crippen LogP contribution in [-0.2, 0) is 0 Å². The lowest BCUT2D eigenvalue weighted by molar-refractivity contribution is 0.0941. The van der Waals surface area contributed by atoms with Crippen molar-refractivity contribution in [1.82, 2.24) is 5.32 Å². The van der Waals surface area contributed by atoms with Gasteiger partial charge in [-0.3, -0.25) is 4.79 Å². The SMILES string of the molecule is COc1c(C(=O)N[C@H](C)c2ccccc2)sc2ccc(Cl)cc12. The van der Waals surface area contributed by atoms with Crippen LogP contribution < -0.4 is 10.1 Å². The molecule has 23 heavy (non-hydrogen) atoms. The first-order valence-electron chi connectivity index (χ1n) is 7.22. The number of methoxy groups -OCH3 is 1. The Hall–Kier alpha value is -2.04. The fraction of sp³-hybridized carbons (Fsp3) is 0.167. The van der Waals surface area contributed by atoms with Crippen LogP contribution in [0.3, 0.4) is 0 Å². The molecule has 0 aliphatic rings. The van der Waals surface area contributed by atoms with Crippen molar-refractivity contribution < 1.29 is 9.53 Å². The van der Waals surface area contributed by atoms with Crippen LogP contribution in [0.25, 0.3) is 10.1 Å². The normalized spacial score (nSPS) is 12.1. The van der Waals surface area contributed by atoms with Crippen molar-refractivity contribution in [2.75, 3.05) is 7.11 Å². The summed E-state index contributed by atoms with van der Waals surface area (Å²) in [5.74, 6) is 0.431. The Morgan fingerprint density at radius 3 is 2.65 bits per heavy atom. The van der Waals surface area contributed by atoms with Crippen LogP contribution in [0.4, 0.5) is 0 Å². The molecule has 5 heteroatoms. The molecule has 1 atom stereocenters. The largest absolute Gasteiger partial charge is 0.494 e. The van der Waals surface area contributed by atoms with Crippen LogP contribution in [0.1, 0.15) is 28.2 Å². The van der Waals surface area contributed by atoms with Gasteiger partial charge in [-0.15, -0.1) is 11.3 Å². The van der Waals surface area contributed by atoms with E-state index in [0.29, 0.717) is 15.6 Å². The Bertz CT molecular complexity index is 845. The molecule has 0 saturated carbocycles. The molecular weight excluding hydrogens is 330 g/mol. The molecule has 1 N–H and O–H groups in total. The van der Waals surface area contributed by atoms with Gasteiger partial charge in [0.2, 0.25) is 0 Å². The minimum atomic E-state index is -0.143. The van der Waals surface area contributed by atoms with Gasteiger partial charge >= 0.3 is 0 Å². The molecule has 0 spiro atoms. The molecular formula is C18H16ClNO2S. The second-order valence-corrected chi connectivity index (χ2v) is 6.70. The van der Waals surface area contributed by atoms with Gasteiger partial charge in [-0.1, -0.05) is 41.9 Å². The van der Waals surface area contributed by atoms with Crippen LogP contribution in [-0.4, -0.2) is 13.0 Å². The summed E-state index contributed by atoms with van der Waals surface area (Å²) in [5, 5.41) is 4.51. The predicted molar refractivity (Wildman–Crippen MR) is 95.7 cm³/mol. The minimum Gasteiger partial charge on any atom is -0.494 e. The van der Waals surface area contributed by atoms with Crippen molar-refractivity contribution in [2.24, 2.45) is 0 Å². The lowest BCUT2D eigenvalue weighted by atomic mass is 10.1. The quantitative estimate of drug-likeness (QED) is 0.718.